The number of hydrogen-bond donors (Lipinski definition) is 2. The second-order valence-corrected chi connectivity index (χ2v) is 6.10. The van der Waals surface area contributed by atoms with Crippen LogP contribution in [0.4, 0.5) is 4.39 Å². The lowest BCUT2D eigenvalue weighted by Gasteiger charge is -2.27. The average molecular weight is 329 g/mol. The fourth-order valence-corrected chi connectivity index (χ4v) is 2.72. The van der Waals surface area contributed by atoms with Gasteiger partial charge in [0.05, 0.1) is 12.6 Å². The normalized spacial score (nSPS) is 16.5. The van der Waals surface area contributed by atoms with E-state index in [9.17, 15) is 19.4 Å². The first kappa shape index (κ1) is 16.6. The van der Waals surface area contributed by atoms with E-state index in [1.54, 1.807) is 24.3 Å². The Balaban J connectivity index is 1.72. The first-order valence-corrected chi connectivity index (χ1v) is 8.03. The first-order chi connectivity index (χ1) is 11.6. The zero-order valence-corrected chi connectivity index (χ0v) is 13.2. The summed E-state index contributed by atoms with van der Waals surface area (Å²) in [5, 5.41) is 20.7. The maximum absolute atomic E-state index is 13.0. The number of aliphatic hydroxyl groups is 2. The summed E-state index contributed by atoms with van der Waals surface area (Å²) in [4.78, 5) is 14.2. The van der Waals surface area contributed by atoms with Crippen molar-refractivity contribution in [2.45, 2.75) is 31.1 Å². The van der Waals surface area contributed by atoms with Crippen molar-refractivity contribution in [3.05, 3.63) is 71.5 Å². The molecule has 3 rings (SSSR count). The monoisotopic (exact) mass is 329 g/mol. The van der Waals surface area contributed by atoms with Crippen molar-refractivity contribution in [3.8, 4) is 0 Å². The van der Waals surface area contributed by atoms with E-state index >= 15 is 0 Å². The van der Waals surface area contributed by atoms with Gasteiger partial charge in [-0.1, -0.05) is 42.5 Å². The van der Waals surface area contributed by atoms with E-state index in [2.05, 4.69) is 0 Å². The SMILES string of the molecule is O=C(C(O)c1ccccc1)N(CC(O)c1ccc(F)cc1)C1CC1. The molecule has 0 bridgehead atoms. The van der Waals surface area contributed by atoms with E-state index in [0.29, 0.717) is 11.1 Å². The molecular formula is C19H20FNO3. The van der Waals surface area contributed by atoms with Gasteiger partial charge in [0.1, 0.15) is 5.82 Å². The molecule has 126 valence electrons. The minimum absolute atomic E-state index is 0.0472. The third-order valence-corrected chi connectivity index (χ3v) is 4.24. The van der Waals surface area contributed by atoms with Crippen molar-refractivity contribution in [1.29, 1.82) is 0 Å². The number of carbonyl (C=O) groups is 1. The van der Waals surface area contributed by atoms with E-state index in [1.807, 2.05) is 6.07 Å². The minimum atomic E-state index is -1.24. The van der Waals surface area contributed by atoms with Crippen LogP contribution in [0, 0.1) is 5.82 Å². The summed E-state index contributed by atoms with van der Waals surface area (Å²) >= 11 is 0. The van der Waals surface area contributed by atoms with Crippen LogP contribution in [0.25, 0.3) is 0 Å². The predicted octanol–water partition coefficient (Wildman–Crippen LogP) is 2.58. The standard InChI is InChI=1S/C19H20FNO3/c20-15-8-6-13(7-9-15)17(22)12-21(16-10-11-16)19(24)18(23)14-4-2-1-3-5-14/h1-9,16-18,22-23H,10-12H2. The molecule has 2 unspecified atom stereocenters. The maximum Gasteiger partial charge on any atom is 0.256 e. The second-order valence-electron chi connectivity index (χ2n) is 6.10. The highest BCUT2D eigenvalue weighted by molar-refractivity contribution is 5.82. The van der Waals surface area contributed by atoms with E-state index < -0.39 is 18.1 Å². The molecule has 0 aromatic heterocycles. The highest BCUT2D eigenvalue weighted by Crippen LogP contribution is 2.31. The summed E-state index contributed by atoms with van der Waals surface area (Å²) in [6.45, 7) is 0.0824. The fourth-order valence-electron chi connectivity index (χ4n) is 2.72. The molecule has 1 saturated carbocycles. The van der Waals surface area contributed by atoms with Gasteiger partial charge in [-0.05, 0) is 36.1 Å². The van der Waals surface area contributed by atoms with E-state index in [1.165, 1.54) is 29.2 Å². The third-order valence-electron chi connectivity index (χ3n) is 4.24. The van der Waals surface area contributed by atoms with Crippen molar-refractivity contribution in [2.75, 3.05) is 6.54 Å². The Hall–Kier alpha value is -2.24. The van der Waals surface area contributed by atoms with Gasteiger partial charge in [-0.3, -0.25) is 4.79 Å². The molecule has 2 atom stereocenters. The smallest absolute Gasteiger partial charge is 0.256 e. The number of amides is 1. The summed E-state index contributed by atoms with van der Waals surface area (Å²) < 4.78 is 13.0. The highest BCUT2D eigenvalue weighted by Gasteiger charge is 2.36. The fraction of sp³-hybridized carbons (Fsp3) is 0.316. The molecule has 2 N–H and O–H groups in total. The molecule has 1 aliphatic rings. The van der Waals surface area contributed by atoms with Gasteiger partial charge < -0.3 is 15.1 Å². The van der Waals surface area contributed by atoms with E-state index in [0.717, 1.165) is 12.8 Å². The lowest BCUT2D eigenvalue weighted by atomic mass is 10.1. The molecule has 2 aromatic carbocycles. The van der Waals surface area contributed by atoms with Crippen molar-refractivity contribution >= 4 is 5.91 Å². The molecule has 1 aliphatic carbocycles. The van der Waals surface area contributed by atoms with Gasteiger partial charge in [0, 0.05) is 6.04 Å². The topological polar surface area (TPSA) is 60.8 Å². The van der Waals surface area contributed by atoms with E-state index in [-0.39, 0.29) is 18.4 Å². The van der Waals surface area contributed by atoms with Crippen LogP contribution in [0.1, 0.15) is 36.2 Å². The van der Waals surface area contributed by atoms with Crippen molar-refractivity contribution < 1.29 is 19.4 Å². The molecule has 5 heteroatoms. The zero-order valence-electron chi connectivity index (χ0n) is 13.2. The summed E-state index contributed by atoms with van der Waals surface area (Å²) in [5.74, 6) is -0.787. The molecule has 0 aliphatic heterocycles. The number of aliphatic hydroxyl groups excluding tert-OH is 2. The summed E-state index contributed by atoms with van der Waals surface area (Å²) in [6, 6.07) is 14.4. The molecule has 0 radical (unpaired) electrons. The second kappa shape index (κ2) is 7.11. The highest BCUT2D eigenvalue weighted by atomic mass is 19.1. The Morgan fingerprint density at radius 1 is 1.04 bits per heavy atom. The van der Waals surface area contributed by atoms with Crippen molar-refractivity contribution in [3.63, 3.8) is 0 Å². The van der Waals surface area contributed by atoms with Gasteiger partial charge >= 0.3 is 0 Å². The van der Waals surface area contributed by atoms with Gasteiger partial charge in [-0.25, -0.2) is 4.39 Å². The van der Waals surface area contributed by atoms with Crippen molar-refractivity contribution in [1.82, 2.24) is 4.90 Å². The zero-order chi connectivity index (χ0) is 17.1. The Labute approximate surface area is 140 Å². The largest absolute Gasteiger partial charge is 0.387 e. The Morgan fingerprint density at radius 3 is 2.25 bits per heavy atom. The molecule has 2 aromatic rings. The first-order valence-electron chi connectivity index (χ1n) is 8.03. The van der Waals surface area contributed by atoms with Crippen LogP contribution in [-0.4, -0.2) is 33.6 Å². The number of halogens is 1. The van der Waals surface area contributed by atoms with Gasteiger partial charge in [0.15, 0.2) is 6.10 Å². The molecular weight excluding hydrogens is 309 g/mol. The van der Waals surface area contributed by atoms with Crippen LogP contribution in [0.15, 0.2) is 54.6 Å². The van der Waals surface area contributed by atoms with Crippen LogP contribution in [0.5, 0.6) is 0 Å². The Bertz CT molecular complexity index is 686. The number of nitrogens with zero attached hydrogens (tertiary/aromatic N) is 1. The molecule has 0 saturated heterocycles. The van der Waals surface area contributed by atoms with Gasteiger partial charge in [-0.2, -0.15) is 0 Å². The van der Waals surface area contributed by atoms with Gasteiger partial charge in [0.25, 0.3) is 5.91 Å². The predicted molar refractivity (Wildman–Crippen MR) is 87.5 cm³/mol. The maximum atomic E-state index is 13.0. The summed E-state index contributed by atoms with van der Waals surface area (Å²) in [6.07, 6.45) is -0.433. The van der Waals surface area contributed by atoms with Gasteiger partial charge in [-0.15, -0.1) is 0 Å². The van der Waals surface area contributed by atoms with Crippen LogP contribution >= 0.6 is 0 Å². The molecule has 1 amide bonds. The van der Waals surface area contributed by atoms with Crippen LogP contribution in [0.3, 0.4) is 0 Å². The minimum Gasteiger partial charge on any atom is -0.387 e. The number of rotatable bonds is 6. The number of benzene rings is 2. The third kappa shape index (κ3) is 3.80. The average Bonchev–Trinajstić information content (AvgIpc) is 3.44. The number of carbonyl (C=O) groups excluding carboxylic acids is 1. The summed E-state index contributed by atoms with van der Waals surface area (Å²) in [7, 11) is 0. The quantitative estimate of drug-likeness (QED) is 0.856. The Morgan fingerprint density at radius 2 is 1.67 bits per heavy atom. The molecule has 4 nitrogen and oxygen atoms in total. The van der Waals surface area contributed by atoms with Crippen molar-refractivity contribution in [2.24, 2.45) is 0 Å². The Kier molecular flexibility index (Phi) is 4.92. The lowest BCUT2D eigenvalue weighted by molar-refractivity contribution is -0.142. The molecule has 0 heterocycles. The van der Waals surface area contributed by atoms with Crippen LogP contribution in [0.2, 0.25) is 0 Å². The molecule has 1 fully saturated rings. The van der Waals surface area contributed by atoms with Crippen LogP contribution in [-0.2, 0) is 4.79 Å². The van der Waals surface area contributed by atoms with Gasteiger partial charge in [0.2, 0.25) is 0 Å². The molecule has 0 spiro atoms. The number of hydrogen-bond acceptors (Lipinski definition) is 3. The lowest BCUT2D eigenvalue weighted by Crippen LogP contribution is -2.39. The van der Waals surface area contributed by atoms with Crippen LogP contribution < -0.4 is 0 Å². The molecule has 24 heavy (non-hydrogen) atoms. The van der Waals surface area contributed by atoms with E-state index in [4.69, 9.17) is 0 Å². The summed E-state index contributed by atoms with van der Waals surface area (Å²) in [5.41, 5.74) is 1.08.